The molecule has 6 heteroatoms. The van der Waals surface area contributed by atoms with Crippen molar-refractivity contribution in [3.05, 3.63) is 29.0 Å². The fourth-order valence-electron chi connectivity index (χ4n) is 1.34. The van der Waals surface area contributed by atoms with Crippen LogP contribution in [0.25, 0.3) is 0 Å². The third kappa shape index (κ3) is 4.76. The van der Waals surface area contributed by atoms with Crippen LogP contribution in [0, 0.1) is 5.82 Å². The molecule has 0 saturated carbocycles. The van der Waals surface area contributed by atoms with Gasteiger partial charge in [-0.15, -0.1) is 0 Å². The fraction of sp³-hybridized carbons (Fsp3) is 0.417. The highest BCUT2D eigenvalue weighted by Crippen LogP contribution is 2.19. The Balaban J connectivity index is 2.50. The highest BCUT2D eigenvalue weighted by Gasteiger charge is 2.06. The van der Waals surface area contributed by atoms with Gasteiger partial charge < -0.3 is 15.0 Å². The first-order valence-corrected chi connectivity index (χ1v) is 6.29. The lowest BCUT2D eigenvalue weighted by Gasteiger charge is -2.21. The Labute approximate surface area is 117 Å². The second kappa shape index (κ2) is 7.51. The first-order chi connectivity index (χ1) is 8.54. The molecule has 1 N–H and O–H groups in total. The molecule has 0 amide bonds. The zero-order valence-corrected chi connectivity index (χ0v) is 11.9. The Morgan fingerprint density at radius 2 is 2.28 bits per heavy atom. The Morgan fingerprint density at radius 1 is 1.56 bits per heavy atom. The van der Waals surface area contributed by atoms with Gasteiger partial charge in [0.05, 0.1) is 5.02 Å². The van der Waals surface area contributed by atoms with E-state index < -0.39 is 5.82 Å². The van der Waals surface area contributed by atoms with Gasteiger partial charge in [0.15, 0.2) is 5.11 Å². The number of hydrogen-bond acceptors (Lipinski definition) is 2. The van der Waals surface area contributed by atoms with Crippen molar-refractivity contribution in [3.8, 4) is 0 Å². The number of nitrogens with zero attached hydrogens (tertiary/aromatic N) is 1. The van der Waals surface area contributed by atoms with Crippen molar-refractivity contribution in [3.63, 3.8) is 0 Å². The van der Waals surface area contributed by atoms with Gasteiger partial charge in [-0.25, -0.2) is 4.39 Å². The molecule has 0 radical (unpaired) electrons. The van der Waals surface area contributed by atoms with Crippen LogP contribution in [0.15, 0.2) is 18.2 Å². The van der Waals surface area contributed by atoms with E-state index in [2.05, 4.69) is 5.32 Å². The lowest BCUT2D eigenvalue weighted by atomic mass is 10.3. The summed E-state index contributed by atoms with van der Waals surface area (Å²) in [5, 5.41) is 3.64. The van der Waals surface area contributed by atoms with Crippen LogP contribution in [0.2, 0.25) is 5.02 Å². The van der Waals surface area contributed by atoms with E-state index in [4.69, 9.17) is 28.6 Å². The van der Waals surface area contributed by atoms with Crippen LogP contribution < -0.4 is 5.32 Å². The summed E-state index contributed by atoms with van der Waals surface area (Å²) in [4.78, 5) is 1.89. The molecule has 0 atom stereocenters. The Hall–Kier alpha value is -0.910. The standard InChI is InChI=1S/C12H16ClFN2OS/c1-16(6-3-7-17-2)12(18)15-9-4-5-11(14)10(13)8-9/h4-5,8H,3,6-7H2,1-2H3,(H,15,18). The number of nitrogens with one attached hydrogen (secondary N) is 1. The van der Waals surface area contributed by atoms with Crippen LogP contribution in [-0.2, 0) is 4.74 Å². The monoisotopic (exact) mass is 290 g/mol. The second-order valence-corrected chi connectivity index (χ2v) is 4.62. The van der Waals surface area contributed by atoms with E-state index in [-0.39, 0.29) is 5.02 Å². The highest BCUT2D eigenvalue weighted by molar-refractivity contribution is 7.80. The maximum Gasteiger partial charge on any atom is 0.173 e. The maximum atomic E-state index is 13.0. The minimum Gasteiger partial charge on any atom is -0.385 e. The Kier molecular flexibility index (Phi) is 6.32. The van der Waals surface area contributed by atoms with Gasteiger partial charge in [0, 0.05) is 33.0 Å². The summed E-state index contributed by atoms with van der Waals surface area (Å²) in [5.41, 5.74) is 0.671. The second-order valence-electron chi connectivity index (χ2n) is 3.83. The molecule has 0 aliphatic carbocycles. The predicted octanol–water partition coefficient (Wildman–Crippen LogP) is 3.14. The lowest BCUT2D eigenvalue weighted by molar-refractivity contribution is 0.189. The van der Waals surface area contributed by atoms with E-state index in [0.717, 1.165) is 13.0 Å². The van der Waals surface area contributed by atoms with Crippen LogP contribution in [0.5, 0.6) is 0 Å². The number of hydrogen-bond donors (Lipinski definition) is 1. The van der Waals surface area contributed by atoms with Crippen molar-refractivity contribution in [2.75, 3.05) is 32.6 Å². The molecule has 0 heterocycles. The number of halogens is 2. The molecule has 1 rings (SSSR count). The van der Waals surface area contributed by atoms with E-state index in [1.165, 1.54) is 12.1 Å². The van der Waals surface area contributed by atoms with Crippen molar-refractivity contribution in [1.29, 1.82) is 0 Å². The average molecular weight is 291 g/mol. The van der Waals surface area contributed by atoms with Crippen molar-refractivity contribution in [2.45, 2.75) is 6.42 Å². The van der Waals surface area contributed by atoms with E-state index in [1.54, 1.807) is 13.2 Å². The number of thiocarbonyl (C=S) groups is 1. The summed E-state index contributed by atoms with van der Waals surface area (Å²) in [5.74, 6) is -0.443. The summed E-state index contributed by atoms with van der Waals surface area (Å²) in [7, 11) is 3.55. The number of methoxy groups -OCH3 is 1. The number of benzene rings is 1. The number of ether oxygens (including phenoxy) is 1. The zero-order valence-electron chi connectivity index (χ0n) is 10.4. The van der Waals surface area contributed by atoms with Crippen LogP contribution >= 0.6 is 23.8 Å². The van der Waals surface area contributed by atoms with Crippen molar-refractivity contribution in [2.24, 2.45) is 0 Å². The molecule has 1 aromatic carbocycles. The lowest BCUT2D eigenvalue weighted by Crippen LogP contribution is -2.32. The first kappa shape index (κ1) is 15.1. The normalized spacial score (nSPS) is 10.2. The molecular formula is C12H16ClFN2OS. The molecule has 100 valence electrons. The van der Waals surface area contributed by atoms with Gasteiger partial charge in [-0.05, 0) is 36.8 Å². The van der Waals surface area contributed by atoms with Gasteiger partial charge in [0.1, 0.15) is 5.82 Å². The summed E-state index contributed by atoms with van der Waals surface area (Å²) >= 11 is 10.9. The quantitative estimate of drug-likeness (QED) is 0.665. The molecule has 0 unspecified atom stereocenters. The third-order valence-electron chi connectivity index (χ3n) is 2.36. The van der Waals surface area contributed by atoms with Gasteiger partial charge in [0.2, 0.25) is 0 Å². The van der Waals surface area contributed by atoms with Crippen LogP contribution in [-0.4, -0.2) is 37.3 Å². The minimum absolute atomic E-state index is 0.0739. The van der Waals surface area contributed by atoms with Crippen LogP contribution in [0.1, 0.15) is 6.42 Å². The van der Waals surface area contributed by atoms with E-state index >= 15 is 0 Å². The van der Waals surface area contributed by atoms with Crippen molar-refractivity contribution < 1.29 is 9.13 Å². The van der Waals surface area contributed by atoms with Crippen molar-refractivity contribution >= 4 is 34.6 Å². The molecule has 3 nitrogen and oxygen atoms in total. The molecule has 0 aliphatic rings. The van der Waals surface area contributed by atoms with Crippen molar-refractivity contribution in [1.82, 2.24) is 4.90 Å². The number of anilines is 1. The summed E-state index contributed by atoms with van der Waals surface area (Å²) in [6.45, 7) is 1.48. The van der Waals surface area contributed by atoms with Crippen LogP contribution in [0.4, 0.5) is 10.1 Å². The third-order valence-corrected chi connectivity index (χ3v) is 3.06. The largest absolute Gasteiger partial charge is 0.385 e. The Morgan fingerprint density at radius 3 is 2.89 bits per heavy atom. The maximum absolute atomic E-state index is 13.0. The van der Waals surface area contributed by atoms with Gasteiger partial charge in [-0.3, -0.25) is 0 Å². The topological polar surface area (TPSA) is 24.5 Å². The average Bonchev–Trinajstić information content (AvgIpc) is 2.34. The minimum atomic E-state index is -0.443. The van der Waals surface area contributed by atoms with Gasteiger partial charge in [0.25, 0.3) is 0 Å². The molecule has 0 aromatic heterocycles. The highest BCUT2D eigenvalue weighted by atomic mass is 35.5. The van der Waals surface area contributed by atoms with Gasteiger partial charge >= 0.3 is 0 Å². The molecule has 0 aliphatic heterocycles. The number of rotatable bonds is 5. The fourth-order valence-corrected chi connectivity index (χ4v) is 1.73. The van der Waals surface area contributed by atoms with Gasteiger partial charge in [-0.1, -0.05) is 11.6 Å². The molecule has 0 spiro atoms. The summed E-state index contributed by atoms with van der Waals surface area (Å²) in [6, 6.07) is 4.40. The van der Waals surface area contributed by atoms with Crippen LogP contribution in [0.3, 0.4) is 0 Å². The smallest absolute Gasteiger partial charge is 0.173 e. The molecule has 0 bridgehead atoms. The predicted molar refractivity (Wildman–Crippen MR) is 76.8 cm³/mol. The molecule has 1 aromatic rings. The molecule has 0 saturated heterocycles. The SMILES string of the molecule is COCCCN(C)C(=S)Nc1ccc(F)c(Cl)c1. The molecular weight excluding hydrogens is 275 g/mol. The summed E-state index contributed by atoms with van der Waals surface area (Å²) in [6.07, 6.45) is 0.888. The van der Waals surface area contributed by atoms with E-state index in [0.29, 0.717) is 17.4 Å². The van der Waals surface area contributed by atoms with E-state index in [1.807, 2.05) is 11.9 Å². The first-order valence-electron chi connectivity index (χ1n) is 5.50. The van der Waals surface area contributed by atoms with Gasteiger partial charge in [-0.2, -0.15) is 0 Å². The zero-order chi connectivity index (χ0) is 13.5. The molecule has 0 fully saturated rings. The van der Waals surface area contributed by atoms with E-state index in [9.17, 15) is 4.39 Å². The Bertz CT molecular complexity index is 417. The molecule has 18 heavy (non-hydrogen) atoms. The summed E-state index contributed by atoms with van der Waals surface area (Å²) < 4.78 is 18.0.